The van der Waals surface area contributed by atoms with Crippen molar-refractivity contribution in [3.05, 3.63) is 53.2 Å². The number of hydrogen-bond donors (Lipinski definition) is 0. The van der Waals surface area contributed by atoms with Crippen LogP contribution in [0.5, 0.6) is 6.01 Å². The van der Waals surface area contributed by atoms with E-state index in [0.717, 1.165) is 32.2 Å². The fourth-order valence-electron chi connectivity index (χ4n) is 9.95. The first-order chi connectivity index (χ1) is 25.4. The lowest BCUT2D eigenvalue weighted by atomic mass is 9.91. The summed E-state index contributed by atoms with van der Waals surface area (Å²) in [5.74, 6) is 1.51. The third-order valence-corrected chi connectivity index (χ3v) is 12.1. The van der Waals surface area contributed by atoms with Crippen LogP contribution in [-0.4, -0.2) is 92.5 Å². The first-order valence-electron chi connectivity index (χ1n) is 18.7. The first-order valence-corrected chi connectivity index (χ1v) is 18.7. The van der Waals surface area contributed by atoms with Crippen molar-refractivity contribution in [3.63, 3.8) is 0 Å². The maximum atomic E-state index is 17.4. The van der Waals surface area contributed by atoms with Gasteiger partial charge in [0.2, 0.25) is 0 Å². The van der Waals surface area contributed by atoms with Crippen LogP contribution in [0.4, 0.5) is 23.8 Å². The lowest BCUT2D eigenvalue weighted by Gasteiger charge is -2.47. The number of hydrogen-bond acceptors (Lipinski definition) is 8. The van der Waals surface area contributed by atoms with Crippen molar-refractivity contribution in [3.8, 4) is 29.6 Å². The van der Waals surface area contributed by atoms with Gasteiger partial charge in [-0.05, 0) is 70.9 Å². The Morgan fingerprint density at radius 3 is 2.70 bits per heavy atom. The molecule has 9 rings (SSSR count). The maximum absolute atomic E-state index is 17.4. The molecule has 4 aromatic rings. The molecule has 2 bridgehead atoms. The first kappa shape index (κ1) is 34.2. The number of ether oxygens (including phenoxy) is 2. The van der Waals surface area contributed by atoms with Crippen molar-refractivity contribution in [2.75, 3.05) is 31.1 Å². The van der Waals surface area contributed by atoms with Crippen LogP contribution in [0.15, 0.2) is 30.3 Å². The minimum absolute atomic E-state index is 0.00142. The van der Waals surface area contributed by atoms with Gasteiger partial charge < -0.3 is 14.4 Å². The summed E-state index contributed by atoms with van der Waals surface area (Å²) >= 11 is 0. The van der Waals surface area contributed by atoms with Crippen molar-refractivity contribution < 1.29 is 27.4 Å². The molecule has 9 nitrogen and oxygen atoms in total. The molecule has 5 aliphatic rings. The largest absolute Gasteiger partial charge is 0.461 e. The predicted octanol–water partition coefficient (Wildman–Crippen LogP) is 7.52. The minimum atomic E-state index is -0.938. The molecule has 2 aromatic heterocycles. The highest BCUT2D eigenvalue weighted by atomic mass is 19.1. The van der Waals surface area contributed by atoms with Gasteiger partial charge >= 0.3 is 12.1 Å². The molecule has 0 spiro atoms. The van der Waals surface area contributed by atoms with E-state index in [1.807, 2.05) is 31.7 Å². The van der Waals surface area contributed by atoms with Crippen molar-refractivity contribution in [1.82, 2.24) is 24.8 Å². The molecular weight excluding hydrogens is 681 g/mol. The number of aromatic nitrogens is 3. The Balaban J connectivity index is 1.22. The van der Waals surface area contributed by atoms with Gasteiger partial charge in [0.15, 0.2) is 5.82 Å². The second-order valence-corrected chi connectivity index (χ2v) is 16.6. The number of amides is 1. The van der Waals surface area contributed by atoms with Gasteiger partial charge in [-0.25, -0.2) is 22.9 Å². The maximum Gasteiger partial charge on any atom is 0.410 e. The lowest BCUT2D eigenvalue weighted by Crippen LogP contribution is -2.62. The number of terminal acetylenes is 1. The Hall–Kier alpha value is -4.63. The van der Waals surface area contributed by atoms with Gasteiger partial charge in [-0.3, -0.25) is 9.80 Å². The van der Waals surface area contributed by atoms with E-state index in [-0.39, 0.29) is 59.5 Å². The van der Waals surface area contributed by atoms with Crippen LogP contribution in [-0.2, 0) is 4.74 Å². The van der Waals surface area contributed by atoms with Crippen molar-refractivity contribution >= 4 is 33.6 Å². The molecule has 4 fully saturated rings. The zero-order valence-corrected chi connectivity index (χ0v) is 30.5. The van der Waals surface area contributed by atoms with Crippen LogP contribution in [0.1, 0.15) is 83.4 Å². The highest BCUT2D eigenvalue weighted by Crippen LogP contribution is 2.48. The summed E-state index contributed by atoms with van der Waals surface area (Å²) in [4.78, 5) is 34.7. The topological polar surface area (TPSA) is 83.9 Å². The lowest BCUT2D eigenvalue weighted by molar-refractivity contribution is 0.00692. The number of rotatable bonds is 4. The van der Waals surface area contributed by atoms with Gasteiger partial charge in [-0.1, -0.05) is 37.1 Å². The number of nitrogens with zero attached hydrogens (tertiary/aromatic N) is 6. The summed E-state index contributed by atoms with van der Waals surface area (Å²) in [6.07, 6.45) is 8.86. The summed E-state index contributed by atoms with van der Waals surface area (Å²) in [5.41, 5.74) is -0.0565. The SMILES string of the molecule is C#Cc1c(F)ccc2cccc(-c3nc4c5c(nc(OC[C@@]67CCCN6C[C@H](F)C7)nc5c3F)N3C[C@H]5CC[C@@H]([C@H]3C[C@H]4C)N5C(=O)OC(C)(C)C)c12. The molecule has 6 atom stereocenters. The number of fused-ring (bicyclic) bond motifs is 7. The van der Waals surface area contributed by atoms with Crippen LogP contribution in [0, 0.1) is 24.0 Å². The second kappa shape index (κ2) is 12.2. The van der Waals surface area contributed by atoms with E-state index in [9.17, 15) is 9.18 Å². The summed E-state index contributed by atoms with van der Waals surface area (Å²) in [6.45, 7) is 9.47. The molecule has 0 saturated carbocycles. The zero-order chi connectivity index (χ0) is 37.0. The Morgan fingerprint density at radius 2 is 1.91 bits per heavy atom. The van der Waals surface area contributed by atoms with Gasteiger partial charge in [0.25, 0.3) is 0 Å². The van der Waals surface area contributed by atoms with Crippen LogP contribution in [0.2, 0.25) is 0 Å². The fourth-order valence-corrected chi connectivity index (χ4v) is 9.95. The van der Waals surface area contributed by atoms with Gasteiger partial charge in [-0.2, -0.15) is 9.97 Å². The predicted molar refractivity (Wildman–Crippen MR) is 196 cm³/mol. The number of alkyl halides is 1. The summed E-state index contributed by atoms with van der Waals surface area (Å²) in [6, 6.07) is 7.76. The van der Waals surface area contributed by atoms with Crippen LogP contribution in [0.3, 0.4) is 0 Å². The van der Waals surface area contributed by atoms with Gasteiger partial charge in [0.05, 0.1) is 40.3 Å². The summed E-state index contributed by atoms with van der Waals surface area (Å²) in [5, 5.41) is 1.54. The zero-order valence-electron chi connectivity index (χ0n) is 30.5. The van der Waals surface area contributed by atoms with E-state index < -0.39 is 28.9 Å². The van der Waals surface area contributed by atoms with Crippen molar-refractivity contribution in [1.29, 1.82) is 0 Å². The van der Waals surface area contributed by atoms with Crippen LogP contribution < -0.4 is 9.64 Å². The Bertz CT molecular complexity index is 2220. The summed E-state index contributed by atoms with van der Waals surface area (Å²) < 4.78 is 59.5. The normalized spacial score (nSPS) is 27.8. The second-order valence-electron chi connectivity index (χ2n) is 16.6. The molecule has 1 amide bonds. The molecule has 12 heteroatoms. The minimum Gasteiger partial charge on any atom is -0.461 e. The van der Waals surface area contributed by atoms with E-state index in [4.69, 9.17) is 30.8 Å². The average molecular weight is 725 g/mol. The molecule has 0 aliphatic carbocycles. The van der Waals surface area contributed by atoms with Gasteiger partial charge in [0, 0.05) is 36.4 Å². The molecule has 53 heavy (non-hydrogen) atoms. The molecule has 5 aliphatic heterocycles. The Labute approximate surface area is 306 Å². The van der Waals surface area contributed by atoms with E-state index in [2.05, 4.69) is 22.6 Å². The Morgan fingerprint density at radius 1 is 1.08 bits per heavy atom. The third-order valence-electron chi connectivity index (χ3n) is 12.1. The standard InChI is InChI=1S/C41H43F3N6O3/c1-6-26-28(43)13-11-23-9-7-10-27(31(23)26)35-33(44)36-32-34(45-35)22(2)17-30-29-14-12-25(50(29)39(51)53-40(3,4)5)20-49(30)37(32)47-38(46-36)52-21-41-15-8-16-48(41)19-24(42)18-41/h1,7,9-11,13,22,24-25,29-30H,8,12,14-21H2,2-5H3/t22-,24-,25-,29+,30-,41+/m1/s1. The quantitative estimate of drug-likeness (QED) is 0.200. The molecule has 0 radical (unpaired) electrons. The number of anilines is 1. The smallest absolute Gasteiger partial charge is 0.410 e. The van der Waals surface area contributed by atoms with Gasteiger partial charge in [-0.15, -0.1) is 6.42 Å². The van der Waals surface area contributed by atoms with Crippen molar-refractivity contribution in [2.45, 2.75) is 108 Å². The molecule has 276 valence electrons. The fraction of sp³-hybridized carbons (Fsp3) is 0.512. The third kappa shape index (κ3) is 5.40. The number of halogens is 3. The molecular formula is C41H43F3N6O3. The van der Waals surface area contributed by atoms with E-state index in [1.165, 1.54) is 6.07 Å². The number of carbonyl (C=O) groups is 1. The van der Waals surface area contributed by atoms with Crippen LogP contribution >= 0.6 is 0 Å². The number of benzene rings is 2. The Kier molecular flexibility index (Phi) is 7.86. The highest BCUT2D eigenvalue weighted by Gasteiger charge is 2.53. The van der Waals surface area contributed by atoms with E-state index in [0.29, 0.717) is 59.2 Å². The molecule has 7 heterocycles. The van der Waals surface area contributed by atoms with Gasteiger partial charge in [0.1, 0.15) is 41.2 Å². The molecule has 2 aromatic carbocycles. The molecule has 0 unspecified atom stereocenters. The van der Waals surface area contributed by atoms with E-state index >= 15 is 8.78 Å². The summed E-state index contributed by atoms with van der Waals surface area (Å²) in [7, 11) is 0. The number of piperazine rings is 1. The molecule has 0 N–H and O–H groups in total. The van der Waals surface area contributed by atoms with Crippen molar-refractivity contribution in [2.24, 2.45) is 0 Å². The van der Waals surface area contributed by atoms with E-state index in [1.54, 1.807) is 18.2 Å². The number of pyridine rings is 1. The number of carbonyl (C=O) groups excluding carboxylic acids is 1. The molecule has 4 saturated heterocycles. The highest BCUT2D eigenvalue weighted by molar-refractivity contribution is 6.03. The monoisotopic (exact) mass is 724 g/mol. The van der Waals surface area contributed by atoms with Crippen LogP contribution in [0.25, 0.3) is 32.9 Å². The average Bonchev–Trinajstić information content (AvgIpc) is 3.73.